The maximum atomic E-state index is 10.5. The van der Waals surface area contributed by atoms with Crippen molar-refractivity contribution in [3.63, 3.8) is 0 Å². The third kappa shape index (κ3) is 3.23. The maximum Gasteiger partial charge on any atom is 0.0706 e. The van der Waals surface area contributed by atoms with E-state index < -0.39 is 5.60 Å². The monoisotopic (exact) mass is 257 g/mol. The highest BCUT2D eigenvalue weighted by molar-refractivity contribution is 4.96. The molecule has 0 aromatic heterocycles. The van der Waals surface area contributed by atoms with Crippen LogP contribution < -0.4 is 0 Å². The number of nitrogens with zero attached hydrogens (tertiary/aromatic N) is 1. The van der Waals surface area contributed by atoms with Crippen LogP contribution in [0.4, 0.5) is 0 Å². The summed E-state index contributed by atoms with van der Waals surface area (Å²) in [5.74, 6) is 0.246. The van der Waals surface area contributed by atoms with Crippen molar-refractivity contribution in [3.8, 4) is 0 Å². The summed E-state index contributed by atoms with van der Waals surface area (Å²) in [6.45, 7) is 9.07. The van der Waals surface area contributed by atoms with Gasteiger partial charge in [-0.05, 0) is 39.7 Å². The Balaban J connectivity index is 1.93. The molecule has 0 aromatic carbocycles. The van der Waals surface area contributed by atoms with E-state index in [-0.39, 0.29) is 5.92 Å². The van der Waals surface area contributed by atoms with Crippen LogP contribution in [0, 0.1) is 5.92 Å². The molecule has 4 heteroatoms. The summed E-state index contributed by atoms with van der Waals surface area (Å²) in [4.78, 5) is 2.48. The Kier molecular flexibility index (Phi) is 5.01. The third-order valence-corrected chi connectivity index (χ3v) is 4.45. The summed E-state index contributed by atoms with van der Waals surface area (Å²) in [6.07, 6.45) is 3.16. The van der Waals surface area contributed by atoms with Crippen molar-refractivity contribution in [1.82, 2.24) is 4.90 Å². The third-order valence-electron chi connectivity index (χ3n) is 4.45. The van der Waals surface area contributed by atoms with E-state index in [1.165, 1.54) is 12.8 Å². The first-order valence-corrected chi connectivity index (χ1v) is 7.27. The predicted octanol–water partition coefficient (Wildman–Crippen LogP) is 1.27. The van der Waals surface area contributed by atoms with Crippen molar-refractivity contribution in [2.24, 2.45) is 5.92 Å². The van der Waals surface area contributed by atoms with Gasteiger partial charge in [0.25, 0.3) is 0 Å². The van der Waals surface area contributed by atoms with Crippen LogP contribution in [0.25, 0.3) is 0 Å². The molecule has 0 saturated carbocycles. The van der Waals surface area contributed by atoms with Crippen LogP contribution in [0.3, 0.4) is 0 Å². The molecule has 2 aliphatic rings. The molecule has 0 aromatic rings. The molecule has 0 amide bonds. The average Bonchev–Trinajstić information content (AvgIpc) is 2.77. The van der Waals surface area contributed by atoms with E-state index in [4.69, 9.17) is 9.47 Å². The van der Waals surface area contributed by atoms with Gasteiger partial charge in [-0.1, -0.05) is 0 Å². The lowest BCUT2D eigenvalue weighted by molar-refractivity contribution is -0.123. The first kappa shape index (κ1) is 14.3. The van der Waals surface area contributed by atoms with Crippen molar-refractivity contribution in [2.75, 3.05) is 39.5 Å². The molecule has 106 valence electrons. The minimum Gasteiger partial charge on any atom is -0.390 e. The topological polar surface area (TPSA) is 41.9 Å². The van der Waals surface area contributed by atoms with E-state index in [2.05, 4.69) is 4.90 Å². The van der Waals surface area contributed by atoms with E-state index in [0.717, 1.165) is 32.7 Å². The highest BCUT2D eigenvalue weighted by Crippen LogP contribution is 2.35. The predicted molar refractivity (Wildman–Crippen MR) is 70.6 cm³/mol. The molecular formula is C14H27NO3. The lowest BCUT2D eigenvalue weighted by Crippen LogP contribution is -2.52. The number of hydrogen-bond acceptors (Lipinski definition) is 4. The fourth-order valence-electron chi connectivity index (χ4n) is 3.29. The van der Waals surface area contributed by atoms with Gasteiger partial charge >= 0.3 is 0 Å². The smallest absolute Gasteiger partial charge is 0.0706 e. The molecule has 2 rings (SSSR count). The molecule has 1 N–H and O–H groups in total. The zero-order valence-corrected chi connectivity index (χ0v) is 11.7. The van der Waals surface area contributed by atoms with Crippen molar-refractivity contribution >= 4 is 0 Å². The number of likely N-dealkylation sites (tertiary alicyclic amines) is 1. The van der Waals surface area contributed by atoms with Crippen LogP contribution in [0.2, 0.25) is 0 Å². The molecule has 2 heterocycles. The van der Waals surface area contributed by atoms with E-state index >= 15 is 0 Å². The molecule has 2 saturated heterocycles. The van der Waals surface area contributed by atoms with Gasteiger partial charge < -0.3 is 14.6 Å². The quantitative estimate of drug-likeness (QED) is 0.753. The fraction of sp³-hybridized carbons (Fsp3) is 1.00. The maximum absolute atomic E-state index is 10.5. The Morgan fingerprint density at radius 1 is 1.50 bits per heavy atom. The first-order valence-electron chi connectivity index (χ1n) is 7.27. The standard InChI is InChI=1S/C14H27NO3/c1-3-17-10-8-15-7-4-5-13(15)12-11-18-9-6-14(12,2)16/h12-13,16H,3-11H2,1-2H3. The van der Waals surface area contributed by atoms with Gasteiger partial charge in [0, 0.05) is 31.7 Å². The van der Waals surface area contributed by atoms with Gasteiger partial charge in [-0.25, -0.2) is 0 Å². The fourth-order valence-corrected chi connectivity index (χ4v) is 3.29. The van der Waals surface area contributed by atoms with Gasteiger partial charge in [0.1, 0.15) is 0 Å². The van der Waals surface area contributed by atoms with Crippen LogP contribution in [0.15, 0.2) is 0 Å². The highest BCUT2D eigenvalue weighted by atomic mass is 16.5. The van der Waals surface area contributed by atoms with Crippen molar-refractivity contribution in [1.29, 1.82) is 0 Å². The van der Waals surface area contributed by atoms with E-state index in [9.17, 15) is 5.11 Å². The zero-order chi connectivity index (χ0) is 13.0. The van der Waals surface area contributed by atoms with Crippen molar-refractivity contribution < 1.29 is 14.6 Å². The largest absolute Gasteiger partial charge is 0.390 e. The van der Waals surface area contributed by atoms with E-state index in [0.29, 0.717) is 19.3 Å². The number of hydrogen-bond donors (Lipinski definition) is 1. The lowest BCUT2D eigenvalue weighted by atomic mass is 9.79. The summed E-state index contributed by atoms with van der Waals surface area (Å²) < 4.78 is 11.0. The van der Waals surface area contributed by atoms with Crippen LogP contribution in [-0.2, 0) is 9.47 Å². The number of rotatable bonds is 5. The van der Waals surface area contributed by atoms with Gasteiger partial charge in [0.2, 0.25) is 0 Å². The Bertz CT molecular complexity index is 257. The Morgan fingerprint density at radius 2 is 2.33 bits per heavy atom. The molecule has 2 aliphatic heterocycles. The molecule has 0 radical (unpaired) electrons. The molecular weight excluding hydrogens is 230 g/mol. The van der Waals surface area contributed by atoms with Gasteiger partial charge in [-0.15, -0.1) is 0 Å². The Hall–Kier alpha value is -0.160. The second-order valence-electron chi connectivity index (χ2n) is 5.73. The van der Waals surface area contributed by atoms with Crippen molar-refractivity contribution in [3.05, 3.63) is 0 Å². The number of aliphatic hydroxyl groups is 1. The van der Waals surface area contributed by atoms with Crippen LogP contribution in [0.1, 0.15) is 33.1 Å². The molecule has 0 bridgehead atoms. The summed E-state index contributed by atoms with van der Waals surface area (Å²) in [7, 11) is 0. The number of ether oxygens (including phenoxy) is 2. The summed E-state index contributed by atoms with van der Waals surface area (Å²) in [6, 6.07) is 0.459. The van der Waals surface area contributed by atoms with Crippen LogP contribution in [-0.4, -0.2) is 61.2 Å². The molecule has 4 nitrogen and oxygen atoms in total. The lowest BCUT2D eigenvalue weighted by Gasteiger charge is -2.43. The summed E-state index contributed by atoms with van der Waals surface area (Å²) in [5, 5.41) is 10.5. The second-order valence-corrected chi connectivity index (χ2v) is 5.73. The van der Waals surface area contributed by atoms with Gasteiger partial charge in [-0.3, -0.25) is 4.90 Å². The first-order chi connectivity index (χ1) is 8.65. The minimum atomic E-state index is -0.572. The van der Waals surface area contributed by atoms with Crippen LogP contribution >= 0.6 is 0 Å². The average molecular weight is 257 g/mol. The molecule has 3 unspecified atom stereocenters. The van der Waals surface area contributed by atoms with E-state index in [1.54, 1.807) is 0 Å². The van der Waals surface area contributed by atoms with Gasteiger partial charge in [-0.2, -0.15) is 0 Å². The molecule has 3 atom stereocenters. The van der Waals surface area contributed by atoms with Gasteiger partial charge in [0.15, 0.2) is 0 Å². The van der Waals surface area contributed by atoms with Gasteiger partial charge in [0.05, 0.1) is 18.8 Å². The molecule has 0 spiro atoms. The minimum absolute atomic E-state index is 0.246. The molecule has 18 heavy (non-hydrogen) atoms. The Morgan fingerprint density at radius 3 is 3.06 bits per heavy atom. The molecule has 2 fully saturated rings. The van der Waals surface area contributed by atoms with E-state index in [1.807, 2.05) is 13.8 Å². The molecule has 0 aliphatic carbocycles. The van der Waals surface area contributed by atoms with Crippen molar-refractivity contribution in [2.45, 2.75) is 44.8 Å². The Labute approximate surface area is 110 Å². The summed E-state index contributed by atoms with van der Waals surface area (Å²) in [5.41, 5.74) is -0.572. The normalized spacial score (nSPS) is 38.2. The van der Waals surface area contributed by atoms with Crippen LogP contribution in [0.5, 0.6) is 0 Å². The zero-order valence-electron chi connectivity index (χ0n) is 11.7. The highest BCUT2D eigenvalue weighted by Gasteiger charge is 2.43. The SMILES string of the molecule is CCOCCN1CCCC1C1COCCC1(C)O. The summed E-state index contributed by atoms with van der Waals surface area (Å²) >= 11 is 0. The second kappa shape index (κ2) is 6.33.